The number of hydrogen-bond acceptors (Lipinski definition) is 6. The van der Waals surface area contributed by atoms with Crippen LogP contribution in [0.1, 0.15) is 11.5 Å². The van der Waals surface area contributed by atoms with Crippen LogP contribution in [0.15, 0.2) is 37.5 Å². The second kappa shape index (κ2) is 5.58. The van der Waals surface area contributed by atoms with E-state index in [1.54, 1.807) is 12.1 Å². The zero-order valence-corrected chi connectivity index (χ0v) is 9.54. The molecule has 2 heterocycles. The number of nitrogens with one attached hydrogen (secondary N) is 3. The summed E-state index contributed by atoms with van der Waals surface area (Å²) in [5.41, 5.74) is 0.645. The lowest BCUT2D eigenvalue weighted by Gasteiger charge is -1.97. The monoisotopic (exact) mass is 263 g/mol. The Morgan fingerprint density at radius 1 is 1.53 bits per heavy atom. The smallest absolute Gasteiger partial charge is 0.342 e. The van der Waals surface area contributed by atoms with Crippen LogP contribution in [0.3, 0.4) is 0 Å². The van der Waals surface area contributed by atoms with Crippen LogP contribution in [-0.4, -0.2) is 27.3 Å². The average molecular weight is 263 g/mol. The van der Waals surface area contributed by atoms with Crippen molar-refractivity contribution in [1.82, 2.24) is 20.6 Å². The van der Waals surface area contributed by atoms with Gasteiger partial charge in [0.05, 0.1) is 18.9 Å². The molecule has 98 valence electrons. The highest BCUT2D eigenvalue weighted by Gasteiger charge is 2.08. The Kier molecular flexibility index (Phi) is 3.67. The summed E-state index contributed by atoms with van der Waals surface area (Å²) >= 11 is 0. The molecule has 1 amide bonds. The Hall–Kier alpha value is -2.97. The van der Waals surface area contributed by atoms with Crippen molar-refractivity contribution in [2.45, 2.75) is 6.42 Å². The van der Waals surface area contributed by atoms with Crippen LogP contribution in [0.2, 0.25) is 0 Å². The summed E-state index contributed by atoms with van der Waals surface area (Å²) in [6.07, 6.45) is 2.47. The number of hydrogen-bond donors (Lipinski definition) is 3. The van der Waals surface area contributed by atoms with Gasteiger partial charge in [-0.2, -0.15) is 10.2 Å². The second-order valence-electron chi connectivity index (χ2n) is 3.44. The predicted octanol–water partition coefficient (Wildman–Crippen LogP) is -1.26. The normalized spacial score (nSPS) is 10.7. The molecule has 0 aliphatic heterocycles. The average Bonchev–Trinajstić information content (AvgIpc) is 2.86. The Balaban J connectivity index is 1.94. The molecular weight excluding hydrogens is 254 g/mol. The summed E-state index contributed by atoms with van der Waals surface area (Å²) in [6, 6.07) is 3.33. The molecule has 0 aliphatic rings. The minimum absolute atomic E-state index is 0.106. The molecule has 2 aromatic heterocycles. The van der Waals surface area contributed by atoms with Crippen molar-refractivity contribution in [3.63, 3.8) is 0 Å². The molecular formula is C10H9N5O4. The number of aromatic amines is 2. The van der Waals surface area contributed by atoms with Crippen molar-refractivity contribution in [3.05, 3.63) is 50.7 Å². The summed E-state index contributed by atoms with van der Waals surface area (Å²) in [4.78, 5) is 35.4. The summed E-state index contributed by atoms with van der Waals surface area (Å²) in [7, 11) is 0. The van der Waals surface area contributed by atoms with Gasteiger partial charge < -0.3 is 4.42 Å². The van der Waals surface area contributed by atoms with Gasteiger partial charge in [-0.05, 0) is 12.1 Å². The predicted molar refractivity (Wildman–Crippen MR) is 63.6 cm³/mol. The first-order valence-corrected chi connectivity index (χ1v) is 5.18. The van der Waals surface area contributed by atoms with Gasteiger partial charge in [0.25, 0.3) is 5.56 Å². The molecule has 9 heteroatoms. The number of nitrogens with zero attached hydrogens (tertiary/aromatic N) is 2. The SMILES string of the molecule is O=C(Cc1n[nH]c(=O)[nH]c1=O)N/N=C/c1ccco1. The summed E-state index contributed by atoms with van der Waals surface area (Å²) in [5.74, 6) is -0.0758. The lowest BCUT2D eigenvalue weighted by molar-refractivity contribution is -0.120. The first-order valence-electron chi connectivity index (χ1n) is 5.18. The molecule has 19 heavy (non-hydrogen) atoms. The topological polar surface area (TPSA) is 133 Å². The molecule has 9 nitrogen and oxygen atoms in total. The van der Waals surface area contributed by atoms with Crippen LogP contribution in [0.4, 0.5) is 0 Å². The van der Waals surface area contributed by atoms with E-state index < -0.39 is 17.2 Å². The van der Waals surface area contributed by atoms with Crippen LogP contribution in [0.5, 0.6) is 0 Å². The number of amides is 1. The van der Waals surface area contributed by atoms with Gasteiger partial charge in [-0.25, -0.2) is 15.3 Å². The van der Waals surface area contributed by atoms with Crippen LogP contribution in [0.25, 0.3) is 0 Å². The minimum Gasteiger partial charge on any atom is -0.463 e. The molecule has 0 spiro atoms. The van der Waals surface area contributed by atoms with Gasteiger partial charge in [-0.15, -0.1) is 0 Å². The number of hydrazone groups is 1. The van der Waals surface area contributed by atoms with E-state index in [1.807, 2.05) is 10.1 Å². The maximum absolute atomic E-state index is 11.4. The standard InChI is InChI=1S/C10H9N5O4/c16-8(14-11-5-6-2-1-3-19-6)4-7-9(17)12-10(18)15-13-7/h1-3,5H,4H2,(H,14,16)(H2,12,15,17,18)/b11-5+. The number of carbonyl (C=O) groups is 1. The maximum atomic E-state index is 11.4. The number of aromatic nitrogens is 3. The Bertz CT molecular complexity index is 697. The number of rotatable bonds is 4. The van der Waals surface area contributed by atoms with E-state index >= 15 is 0 Å². The van der Waals surface area contributed by atoms with Crippen LogP contribution in [0, 0.1) is 0 Å². The number of furan rings is 1. The van der Waals surface area contributed by atoms with Crippen molar-refractivity contribution < 1.29 is 9.21 Å². The highest BCUT2D eigenvalue weighted by atomic mass is 16.3. The van der Waals surface area contributed by atoms with Crippen molar-refractivity contribution in [1.29, 1.82) is 0 Å². The second-order valence-corrected chi connectivity index (χ2v) is 3.44. The lowest BCUT2D eigenvalue weighted by atomic mass is 10.3. The molecule has 0 radical (unpaired) electrons. The molecule has 0 aromatic carbocycles. The Morgan fingerprint density at radius 2 is 2.37 bits per heavy atom. The van der Waals surface area contributed by atoms with Gasteiger partial charge >= 0.3 is 5.69 Å². The summed E-state index contributed by atoms with van der Waals surface area (Å²) in [6.45, 7) is 0. The molecule has 2 aromatic rings. The van der Waals surface area contributed by atoms with Crippen LogP contribution in [-0.2, 0) is 11.2 Å². The van der Waals surface area contributed by atoms with E-state index in [4.69, 9.17) is 4.42 Å². The largest absolute Gasteiger partial charge is 0.463 e. The van der Waals surface area contributed by atoms with Gasteiger partial charge in [0.15, 0.2) is 0 Å². The third kappa shape index (κ3) is 3.49. The molecule has 0 unspecified atom stereocenters. The highest BCUT2D eigenvalue weighted by Crippen LogP contribution is 1.94. The van der Waals surface area contributed by atoms with Crippen LogP contribution >= 0.6 is 0 Å². The zero-order chi connectivity index (χ0) is 13.7. The van der Waals surface area contributed by atoms with Crippen molar-refractivity contribution >= 4 is 12.1 Å². The molecule has 0 saturated heterocycles. The summed E-state index contributed by atoms with van der Waals surface area (Å²) < 4.78 is 4.96. The summed E-state index contributed by atoms with van der Waals surface area (Å²) in [5, 5.41) is 9.12. The molecule has 0 bridgehead atoms. The third-order valence-corrected chi connectivity index (χ3v) is 2.03. The molecule has 0 fully saturated rings. The quantitative estimate of drug-likeness (QED) is 0.468. The maximum Gasteiger partial charge on any atom is 0.342 e. The van der Waals surface area contributed by atoms with E-state index in [1.165, 1.54) is 12.5 Å². The Morgan fingerprint density at radius 3 is 3.05 bits per heavy atom. The van der Waals surface area contributed by atoms with E-state index in [-0.39, 0.29) is 12.1 Å². The fraction of sp³-hybridized carbons (Fsp3) is 0.100. The first kappa shape index (κ1) is 12.5. The fourth-order valence-corrected chi connectivity index (χ4v) is 1.22. The fourth-order valence-electron chi connectivity index (χ4n) is 1.22. The molecule has 0 aliphatic carbocycles. The van der Waals surface area contributed by atoms with E-state index in [9.17, 15) is 14.4 Å². The van der Waals surface area contributed by atoms with Gasteiger partial charge in [0.1, 0.15) is 11.5 Å². The van der Waals surface area contributed by atoms with Gasteiger partial charge in [-0.1, -0.05) is 0 Å². The van der Waals surface area contributed by atoms with Gasteiger partial charge in [0, 0.05) is 0 Å². The molecule has 2 rings (SSSR count). The molecule has 0 atom stereocenters. The highest BCUT2D eigenvalue weighted by molar-refractivity contribution is 5.81. The molecule has 0 saturated carbocycles. The van der Waals surface area contributed by atoms with Crippen molar-refractivity contribution in [2.75, 3.05) is 0 Å². The van der Waals surface area contributed by atoms with Crippen LogP contribution < -0.4 is 16.7 Å². The number of carbonyl (C=O) groups excluding carboxylic acids is 1. The zero-order valence-electron chi connectivity index (χ0n) is 9.54. The van der Waals surface area contributed by atoms with Gasteiger partial charge in [0.2, 0.25) is 5.91 Å². The van der Waals surface area contributed by atoms with Crippen molar-refractivity contribution in [3.8, 4) is 0 Å². The van der Waals surface area contributed by atoms with Crippen molar-refractivity contribution in [2.24, 2.45) is 5.10 Å². The minimum atomic E-state index is -0.731. The lowest BCUT2D eigenvalue weighted by Crippen LogP contribution is -2.31. The third-order valence-electron chi connectivity index (χ3n) is 2.03. The van der Waals surface area contributed by atoms with E-state index in [0.717, 1.165) is 0 Å². The van der Waals surface area contributed by atoms with E-state index in [0.29, 0.717) is 5.76 Å². The van der Waals surface area contributed by atoms with Gasteiger partial charge in [-0.3, -0.25) is 14.6 Å². The first-order chi connectivity index (χ1) is 9.15. The molecule has 3 N–H and O–H groups in total. The Labute approximate surface area is 105 Å². The van der Waals surface area contributed by atoms with E-state index in [2.05, 4.69) is 15.6 Å². The number of H-pyrrole nitrogens is 2.